The first kappa shape index (κ1) is 17.0. The van der Waals surface area contributed by atoms with E-state index in [9.17, 15) is 14.3 Å². The zero-order chi connectivity index (χ0) is 16.8. The maximum Gasteiger partial charge on any atom is 0.251 e. The van der Waals surface area contributed by atoms with Crippen LogP contribution in [0.3, 0.4) is 0 Å². The minimum Gasteiger partial charge on any atom is -0.505 e. The van der Waals surface area contributed by atoms with E-state index in [-0.39, 0.29) is 24.2 Å². The van der Waals surface area contributed by atoms with Gasteiger partial charge in [0, 0.05) is 18.7 Å². The van der Waals surface area contributed by atoms with Crippen LogP contribution < -0.4 is 5.32 Å². The molecule has 0 aromatic heterocycles. The molecule has 0 fully saturated rings. The first-order chi connectivity index (χ1) is 11.0. The molecule has 0 unspecified atom stereocenters. The average Bonchev–Trinajstić information content (AvgIpc) is 2.57. The van der Waals surface area contributed by atoms with Crippen LogP contribution in [-0.2, 0) is 0 Å². The van der Waals surface area contributed by atoms with E-state index in [4.69, 9.17) is 5.11 Å². The van der Waals surface area contributed by atoms with Crippen molar-refractivity contribution in [2.45, 2.75) is 13.3 Å². The second-order valence-corrected chi connectivity index (χ2v) is 5.58. The summed E-state index contributed by atoms with van der Waals surface area (Å²) in [5, 5.41) is 20.9. The molecule has 23 heavy (non-hydrogen) atoms. The zero-order valence-corrected chi connectivity index (χ0v) is 12.9. The number of phenols is 1. The van der Waals surface area contributed by atoms with Gasteiger partial charge in [0.05, 0.1) is 0 Å². The Bertz CT molecular complexity index is 670. The fourth-order valence-electron chi connectivity index (χ4n) is 2.13. The Balaban J connectivity index is 2.01. The minimum absolute atomic E-state index is 0.105. The molecule has 2 rings (SSSR count). The minimum atomic E-state index is -0.678. The van der Waals surface area contributed by atoms with Crippen LogP contribution in [0.5, 0.6) is 5.75 Å². The van der Waals surface area contributed by atoms with Crippen LogP contribution in [0.15, 0.2) is 42.5 Å². The number of nitrogens with one attached hydrogen (secondary N) is 1. The number of phenolic OH excluding ortho intramolecular Hbond substituents is 1. The molecule has 1 amide bonds. The Kier molecular flexibility index (Phi) is 5.71. The Morgan fingerprint density at radius 3 is 2.43 bits per heavy atom. The van der Waals surface area contributed by atoms with Crippen LogP contribution in [0.25, 0.3) is 11.1 Å². The molecule has 0 aliphatic heterocycles. The summed E-state index contributed by atoms with van der Waals surface area (Å²) in [7, 11) is 0. The maximum atomic E-state index is 13.4. The van der Waals surface area contributed by atoms with E-state index in [0.29, 0.717) is 24.1 Å². The Labute approximate surface area is 134 Å². The van der Waals surface area contributed by atoms with Crippen LogP contribution in [-0.4, -0.2) is 29.3 Å². The summed E-state index contributed by atoms with van der Waals surface area (Å²) in [6.45, 7) is 2.52. The number of amides is 1. The van der Waals surface area contributed by atoms with E-state index in [0.717, 1.165) is 5.56 Å². The fraction of sp³-hybridized carbons (Fsp3) is 0.278. The van der Waals surface area contributed by atoms with Crippen molar-refractivity contribution >= 4 is 5.91 Å². The van der Waals surface area contributed by atoms with E-state index >= 15 is 0 Å². The highest BCUT2D eigenvalue weighted by Gasteiger charge is 2.08. The fourth-order valence-corrected chi connectivity index (χ4v) is 2.13. The maximum absolute atomic E-state index is 13.4. The number of hydrogen-bond donors (Lipinski definition) is 3. The van der Waals surface area contributed by atoms with Crippen molar-refractivity contribution in [3.8, 4) is 16.9 Å². The number of halogens is 1. The van der Waals surface area contributed by atoms with Gasteiger partial charge in [-0.05, 0) is 47.7 Å². The van der Waals surface area contributed by atoms with E-state index in [1.807, 2.05) is 6.92 Å². The summed E-state index contributed by atoms with van der Waals surface area (Å²) in [6, 6.07) is 11.0. The topological polar surface area (TPSA) is 69.6 Å². The highest BCUT2D eigenvalue weighted by molar-refractivity contribution is 5.94. The molecule has 1 atom stereocenters. The van der Waals surface area contributed by atoms with Gasteiger partial charge in [0.25, 0.3) is 5.91 Å². The quantitative estimate of drug-likeness (QED) is 0.767. The molecule has 4 nitrogen and oxygen atoms in total. The SMILES string of the molecule is C[C@@H](CO)CCNC(=O)c1ccc(-c2ccc(O)c(F)c2)cc1. The van der Waals surface area contributed by atoms with Gasteiger partial charge in [0.15, 0.2) is 11.6 Å². The second-order valence-electron chi connectivity index (χ2n) is 5.58. The molecule has 0 bridgehead atoms. The number of aromatic hydroxyl groups is 1. The summed E-state index contributed by atoms with van der Waals surface area (Å²) >= 11 is 0. The zero-order valence-electron chi connectivity index (χ0n) is 12.9. The molecule has 3 N–H and O–H groups in total. The Morgan fingerprint density at radius 1 is 1.17 bits per heavy atom. The second kappa shape index (κ2) is 7.74. The third kappa shape index (κ3) is 4.53. The predicted octanol–water partition coefficient (Wildman–Crippen LogP) is 2.95. The number of aliphatic hydroxyl groups is 1. The molecule has 2 aromatic carbocycles. The third-order valence-electron chi connectivity index (χ3n) is 3.66. The molecule has 0 aliphatic rings. The lowest BCUT2D eigenvalue weighted by molar-refractivity contribution is 0.0949. The average molecular weight is 317 g/mol. The number of hydrogen-bond acceptors (Lipinski definition) is 3. The molecular weight excluding hydrogens is 297 g/mol. The first-order valence-corrected chi connectivity index (χ1v) is 7.49. The van der Waals surface area contributed by atoms with Gasteiger partial charge >= 0.3 is 0 Å². The lowest BCUT2D eigenvalue weighted by Gasteiger charge is -2.09. The molecule has 0 heterocycles. The number of aliphatic hydroxyl groups excluding tert-OH is 1. The third-order valence-corrected chi connectivity index (χ3v) is 3.66. The summed E-state index contributed by atoms with van der Waals surface area (Å²) in [5.74, 6) is -1.09. The smallest absolute Gasteiger partial charge is 0.251 e. The Hall–Kier alpha value is -2.40. The van der Waals surface area contributed by atoms with Crippen LogP contribution in [0.4, 0.5) is 4.39 Å². The van der Waals surface area contributed by atoms with Gasteiger partial charge in [-0.15, -0.1) is 0 Å². The molecule has 0 radical (unpaired) electrons. The standard InChI is InChI=1S/C18H20FNO3/c1-12(11-21)8-9-20-18(23)14-4-2-13(3-5-14)15-6-7-17(22)16(19)10-15/h2-7,10,12,21-22H,8-9,11H2,1H3,(H,20,23)/t12-/m1/s1. The number of carbonyl (C=O) groups is 1. The molecule has 0 saturated carbocycles. The molecule has 5 heteroatoms. The van der Waals surface area contributed by atoms with Crippen molar-refractivity contribution in [3.05, 3.63) is 53.8 Å². The highest BCUT2D eigenvalue weighted by atomic mass is 19.1. The van der Waals surface area contributed by atoms with Crippen molar-refractivity contribution in [1.82, 2.24) is 5.32 Å². The van der Waals surface area contributed by atoms with Crippen molar-refractivity contribution in [2.75, 3.05) is 13.2 Å². The van der Waals surface area contributed by atoms with Crippen LogP contribution in [0, 0.1) is 11.7 Å². The molecule has 0 saturated heterocycles. The normalized spacial score (nSPS) is 12.0. The van der Waals surface area contributed by atoms with Gasteiger partial charge in [-0.25, -0.2) is 4.39 Å². The summed E-state index contributed by atoms with van der Waals surface area (Å²) in [5.41, 5.74) is 1.91. The van der Waals surface area contributed by atoms with E-state index in [1.54, 1.807) is 30.3 Å². The summed E-state index contributed by atoms with van der Waals surface area (Å²) in [6.07, 6.45) is 0.715. The Morgan fingerprint density at radius 2 is 1.83 bits per heavy atom. The first-order valence-electron chi connectivity index (χ1n) is 7.49. The summed E-state index contributed by atoms with van der Waals surface area (Å²) in [4.78, 5) is 12.0. The van der Waals surface area contributed by atoms with Gasteiger partial charge in [0.1, 0.15) is 0 Å². The predicted molar refractivity (Wildman–Crippen MR) is 86.7 cm³/mol. The number of rotatable bonds is 6. The van der Waals surface area contributed by atoms with Gasteiger partial charge in [-0.2, -0.15) is 0 Å². The highest BCUT2D eigenvalue weighted by Crippen LogP contribution is 2.25. The van der Waals surface area contributed by atoms with Gasteiger partial charge in [0.2, 0.25) is 0 Å². The lowest BCUT2D eigenvalue weighted by Crippen LogP contribution is -2.26. The molecule has 0 spiro atoms. The van der Waals surface area contributed by atoms with Gasteiger partial charge < -0.3 is 15.5 Å². The van der Waals surface area contributed by atoms with Crippen molar-refractivity contribution < 1.29 is 19.4 Å². The number of carbonyl (C=O) groups excluding carboxylic acids is 1. The molecular formula is C18H20FNO3. The van der Waals surface area contributed by atoms with Crippen molar-refractivity contribution in [2.24, 2.45) is 5.92 Å². The van der Waals surface area contributed by atoms with Crippen LogP contribution >= 0.6 is 0 Å². The molecule has 0 aliphatic carbocycles. The van der Waals surface area contributed by atoms with Crippen LogP contribution in [0.1, 0.15) is 23.7 Å². The van der Waals surface area contributed by atoms with E-state index < -0.39 is 5.82 Å². The van der Waals surface area contributed by atoms with E-state index in [1.165, 1.54) is 12.1 Å². The van der Waals surface area contributed by atoms with Crippen molar-refractivity contribution in [3.63, 3.8) is 0 Å². The van der Waals surface area contributed by atoms with Gasteiger partial charge in [-0.1, -0.05) is 25.1 Å². The monoisotopic (exact) mass is 317 g/mol. The van der Waals surface area contributed by atoms with Crippen molar-refractivity contribution in [1.29, 1.82) is 0 Å². The van der Waals surface area contributed by atoms with E-state index in [2.05, 4.69) is 5.32 Å². The summed E-state index contributed by atoms with van der Waals surface area (Å²) < 4.78 is 13.4. The van der Waals surface area contributed by atoms with Crippen LogP contribution in [0.2, 0.25) is 0 Å². The van der Waals surface area contributed by atoms with Gasteiger partial charge in [-0.3, -0.25) is 4.79 Å². The molecule has 122 valence electrons. The number of benzene rings is 2. The lowest BCUT2D eigenvalue weighted by atomic mass is 10.0. The molecule has 2 aromatic rings. The largest absolute Gasteiger partial charge is 0.505 e.